The predicted molar refractivity (Wildman–Crippen MR) is 101 cm³/mol. The molecule has 1 aromatic carbocycles. The highest BCUT2D eigenvalue weighted by molar-refractivity contribution is 9.10. The van der Waals surface area contributed by atoms with E-state index in [1.54, 1.807) is 0 Å². The Balaban J connectivity index is 0.00000264. The van der Waals surface area contributed by atoms with Gasteiger partial charge in [-0.3, -0.25) is 9.69 Å². The molecule has 23 heavy (non-hydrogen) atoms. The Bertz CT molecular complexity index is 475. The van der Waals surface area contributed by atoms with Crippen molar-refractivity contribution in [2.75, 3.05) is 33.2 Å². The van der Waals surface area contributed by atoms with E-state index in [0.717, 1.165) is 35.6 Å². The molecular weight excluding hydrogens is 378 g/mol. The van der Waals surface area contributed by atoms with Gasteiger partial charge in [0.05, 0.1) is 12.6 Å². The normalized spacial score (nSPS) is 17.3. The first-order valence-electron chi connectivity index (χ1n) is 8.00. The average Bonchev–Trinajstić information content (AvgIpc) is 2.50. The highest BCUT2D eigenvalue weighted by atomic mass is 79.9. The molecule has 0 spiro atoms. The lowest BCUT2D eigenvalue weighted by molar-refractivity contribution is -0.123. The molecule has 130 valence electrons. The van der Waals surface area contributed by atoms with Gasteiger partial charge in [-0.15, -0.1) is 12.4 Å². The molecule has 0 radical (unpaired) electrons. The Kier molecular flexibility index (Phi) is 9.14. The molecule has 1 saturated heterocycles. The minimum atomic E-state index is 0. The van der Waals surface area contributed by atoms with Crippen molar-refractivity contribution in [3.8, 4) is 0 Å². The number of rotatable bonds is 6. The first kappa shape index (κ1) is 20.4. The molecule has 1 heterocycles. The van der Waals surface area contributed by atoms with Gasteiger partial charge >= 0.3 is 0 Å². The Morgan fingerprint density at radius 1 is 1.30 bits per heavy atom. The maximum atomic E-state index is 12.2. The standard InChI is InChI=1S/C17H26BrN3O.ClH/c1-13(15-3-5-16(18)6-4-15)20-17(22)12-21-9-7-14(8-10-21)11-19-2;/h3-6,13-14,19H,7-12H2,1-2H3,(H,20,22);1H. The van der Waals surface area contributed by atoms with Crippen LogP contribution in [-0.4, -0.2) is 44.0 Å². The van der Waals surface area contributed by atoms with Crippen LogP contribution >= 0.6 is 28.3 Å². The van der Waals surface area contributed by atoms with Gasteiger partial charge in [-0.05, 0) is 70.1 Å². The molecule has 0 bridgehead atoms. The molecule has 1 aliphatic heterocycles. The summed E-state index contributed by atoms with van der Waals surface area (Å²) in [7, 11) is 2.00. The van der Waals surface area contributed by atoms with Crippen LogP contribution in [0.15, 0.2) is 28.7 Å². The Hall–Kier alpha value is -0.620. The molecule has 2 N–H and O–H groups in total. The fourth-order valence-electron chi connectivity index (χ4n) is 2.96. The summed E-state index contributed by atoms with van der Waals surface area (Å²) in [5.41, 5.74) is 1.13. The minimum absolute atomic E-state index is 0. The number of benzene rings is 1. The third-order valence-electron chi connectivity index (χ3n) is 4.31. The highest BCUT2D eigenvalue weighted by Crippen LogP contribution is 2.18. The fourth-order valence-corrected chi connectivity index (χ4v) is 3.23. The number of hydrogen-bond donors (Lipinski definition) is 2. The smallest absolute Gasteiger partial charge is 0.234 e. The summed E-state index contributed by atoms with van der Waals surface area (Å²) in [4.78, 5) is 14.5. The minimum Gasteiger partial charge on any atom is -0.348 e. The first-order chi connectivity index (χ1) is 10.6. The van der Waals surface area contributed by atoms with Crippen LogP contribution in [0.4, 0.5) is 0 Å². The van der Waals surface area contributed by atoms with Gasteiger partial charge in [-0.2, -0.15) is 0 Å². The van der Waals surface area contributed by atoms with Gasteiger partial charge in [0.2, 0.25) is 5.91 Å². The lowest BCUT2D eigenvalue weighted by atomic mass is 9.97. The molecule has 0 saturated carbocycles. The van der Waals surface area contributed by atoms with Crippen LogP contribution in [0.2, 0.25) is 0 Å². The third kappa shape index (κ3) is 6.79. The average molecular weight is 405 g/mol. The van der Waals surface area contributed by atoms with Gasteiger partial charge < -0.3 is 10.6 Å². The van der Waals surface area contributed by atoms with Crippen LogP contribution < -0.4 is 10.6 Å². The molecule has 1 aromatic rings. The largest absolute Gasteiger partial charge is 0.348 e. The number of likely N-dealkylation sites (tertiary alicyclic amines) is 1. The second-order valence-corrected chi connectivity index (χ2v) is 7.03. The zero-order valence-electron chi connectivity index (χ0n) is 13.8. The molecule has 2 rings (SSSR count). The van der Waals surface area contributed by atoms with E-state index in [1.807, 2.05) is 38.2 Å². The monoisotopic (exact) mass is 403 g/mol. The van der Waals surface area contributed by atoms with E-state index in [0.29, 0.717) is 6.54 Å². The van der Waals surface area contributed by atoms with Crippen molar-refractivity contribution in [2.24, 2.45) is 5.92 Å². The van der Waals surface area contributed by atoms with Gasteiger partial charge in [-0.25, -0.2) is 0 Å². The maximum absolute atomic E-state index is 12.2. The van der Waals surface area contributed by atoms with E-state index in [9.17, 15) is 4.79 Å². The second-order valence-electron chi connectivity index (χ2n) is 6.12. The van der Waals surface area contributed by atoms with Gasteiger partial charge in [0.15, 0.2) is 0 Å². The van der Waals surface area contributed by atoms with Crippen LogP contribution in [-0.2, 0) is 4.79 Å². The summed E-state index contributed by atoms with van der Waals surface area (Å²) < 4.78 is 1.05. The van der Waals surface area contributed by atoms with Crippen molar-refractivity contribution in [1.29, 1.82) is 0 Å². The van der Waals surface area contributed by atoms with Gasteiger partial charge in [0, 0.05) is 4.47 Å². The Morgan fingerprint density at radius 2 is 1.91 bits per heavy atom. The van der Waals surface area contributed by atoms with Gasteiger partial charge in [0.25, 0.3) is 0 Å². The zero-order valence-corrected chi connectivity index (χ0v) is 16.3. The molecule has 0 aliphatic carbocycles. The van der Waals surface area contributed by atoms with E-state index in [2.05, 4.69) is 31.5 Å². The Labute approximate surface area is 153 Å². The fraction of sp³-hybridized carbons (Fsp3) is 0.588. The zero-order chi connectivity index (χ0) is 15.9. The molecular formula is C17H27BrClN3O. The SMILES string of the molecule is CNCC1CCN(CC(=O)NC(C)c2ccc(Br)cc2)CC1.Cl. The molecule has 1 atom stereocenters. The lowest BCUT2D eigenvalue weighted by Crippen LogP contribution is -2.43. The van der Waals surface area contributed by atoms with Crippen molar-refractivity contribution in [3.63, 3.8) is 0 Å². The van der Waals surface area contributed by atoms with E-state index < -0.39 is 0 Å². The molecule has 1 amide bonds. The number of piperidine rings is 1. The number of halogens is 2. The quantitative estimate of drug-likeness (QED) is 0.766. The summed E-state index contributed by atoms with van der Waals surface area (Å²) in [6.07, 6.45) is 2.35. The number of hydrogen-bond acceptors (Lipinski definition) is 3. The highest BCUT2D eigenvalue weighted by Gasteiger charge is 2.20. The molecule has 1 unspecified atom stereocenters. The first-order valence-corrected chi connectivity index (χ1v) is 8.79. The second kappa shape index (κ2) is 10.3. The van der Waals surface area contributed by atoms with Crippen LogP contribution in [0, 0.1) is 5.92 Å². The molecule has 0 aromatic heterocycles. The molecule has 6 heteroatoms. The predicted octanol–water partition coefficient (Wildman–Crippen LogP) is 2.98. The maximum Gasteiger partial charge on any atom is 0.234 e. The van der Waals surface area contributed by atoms with Crippen molar-refractivity contribution < 1.29 is 4.79 Å². The molecule has 1 aliphatic rings. The number of nitrogens with zero attached hydrogens (tertiary/aromatic N) is 1. The number of amides is 1. The number of carbonyl (C=O) groups is 1. The van der Waals surface area contributed by atoms with Crippen molar-refractivity contribution in [1.82, 2.24) is 15.5 Å². The molecule has 4 nitrogen and oxygen atoms in total. The van der Waals surface area contributed by atoms with Crippen LogP contribution in [0.1, 0.15) is 31.4 Å². The summed E-state index contributed by atoms with van der Waals surface area (Å²) in [5.74, 6) is 0.869. The Morgan fingerprint density at radius 3 is 2.48 bits per heavy atom. The summed E-state index contributed by atoms with van der Waals surface area (Å²) in [6.45, 7) is 5.66. The third-order valence-corrected chi connectivity index (χ3v) is 4.84. The van der Waals surface area contributed by atoms with Crippen LogP contribution in [0.3, 0.4) is 0 Å². The van der Waals surface area contributed by atoms with E-state index in [1.165, 1.54) is 12.8 Å². The van der Waals surface area contributed by atoms with Crippen molar-refractivity contribution in [3.05, 3.63) is 34.3 Å². The lowest BCUT2D eigenvalue weighted by Gasteiger charge is -2.31. The van der Waals surface area contributed by atoms with Crippen LogP contribution in [0.25, 0.3) is 0 Å². The summed E-state index contributed by atoms with van der Waals surface area (Å²) >= 11 is 3.43. The molecule has 1 fully saturated rings. The van der Waals surface area contributed by atoms with E-state index in [4.69, 9.17) is 0 Å². The van der Waals surface area contributed by atoms with E-state index in [-0.39, 0.29) is 24.4 Å². The summed E-state index contributed by atoms with van der Waals surface area (Å²) in [6, 6.07) is 8.13. The van der Waals surface area contributed by atoms with Gasteiger partial charge in [-0.1, -0.05) is 28.1 Å². The van der Waals surface area contributed by atoms with E-state index >= 15 is 0 Å². The van der Waals surface area contributed by atoms with Crippen molar-refractivity contribution >= 4 is 34.2 Å². The summed E-state index contributed by atoms with van der Waals surface area (Å²) in [5, 5.41) is 6.33. The number of nitrogens with one attached hydrogen (secondary N) is 2. The number of carbonyl (C=O) groups excluding carboxylic acids is 1. The van der Waals surface area contributed by atoms with Crippen molar-refractivity contribution in [2.45, 2.75) is 25.8 Å². The topological polar surface area (TPSA) is 44.4 Å². The van der Waals surface area contributed by atoms with Crippen LogP contribution in [0.5, 0.6) is 0 Å². The van der Waals surface area contributed by atoms with Gasteiger partial charge in [0.1, 0.15) is 0 Å².